The molecule has 3 rings (SSSR count). The summed E-state index contributed by atoms with van der Waals surface area (Å²) in [7, 11) is 0. The highest BCUT2D eigenvalue weighted by Crippen LogP contribution is 2.28. The summed E-state index contributed by atoms with van der Waals surface area (Å²) in [5.74, 6) is -0.394. The van der Waals surface area contributed by atoms with Gasteiger partial charge in [0.2, 0.25) is 11.8 Å². The average molecular weight is 411 g/mol. The van der Waals surface area contributed by atoms with Gasteiger partial charge in [-0.25, -0.2) is 4.98 Å². The lowest BCUT2D eigenvalue weighted by Gasteiger charge is -2.07. The number of amides is 2. The van der Waals surface area contributed by atoms with Crippen LogP contribution in [-0.2, 0) is 9.59 Å². The number of nitrogens with zero attached hydrogens (tertiary/aromatic N) is 1. The van der Waals surface area contributed by atoms with Crippen molar-refractivity contribution < 1.29 is 9.59 Å². The van der Waals surface area contributed by atoms with E-state index in [4.69, 9.17) is 12.2 Å². The van der Waals surface area contributed by atoms with Crippen LogP contribution >= 0.6 is 23.6 Å². The summed E-state index contributed by atoms with van der Waals surface area (Å²) in [4.78, 5) is 27.9. The molecule has 0 aliphatic heterocycles. The number of carbonyl (C=O) groups excluding carboxylic acids is 2. The second-order valence-electron chi connectivity index (χ2n) is 5.79. The number of carbonyl (C=O) groups is 2. The maximum atomic E-state index is 12.0. The van der Waals surface area contributed by atoms with Gasteiger partial charge >= 0.3 is 0 Å². The molecule has 0 saturated heterocycles. The van der Waals surface area contributed by atoms with E-state index in [1.807, 2.05) is 48.5 Å². The third kappa shape index (κ3) is 5.45. The Bertz CT molecular complexity index is 1040. The molecule has 1 heterocycles. The number of nitrogens with one attached hydrogen (secondary N) is 3. The molecule has 28 heavy (non-hydrogen) atoms. The Hall–Kier alpha value is -3.10. The highest BCUT2D eigenvalue weighted by Gasteiger charge is 2.08. The lowest BCUT2D eigenvalue weighted by atomic mass is 10.2. The Morgan fingerprint density at radius 3 is 2.68 bits per heavy atom. The van der Waals surface area contributed by atoms with Crippen LogP contribution < -0.4 is 16.0 Å². The number of hydrogen-bond donors (Lipinski definition) is 3. The van der Waals surface area contributed by atoms with Crippen molar-refractivity contribution in [3.63, 3.8) is 0 Å². The Labute approximate surface area is 171 Å². The average Bonchev–Trinajstić information content (AvgIpc) is 3.08. The van der Waals surface area contributed by atoms with E-state index in [1.165, 1.54) is 17.4 Å². The van der Waals surface area contributed by atoms with E-state index in [0.29, 0.717) is 11.6 Å². The van der Waals surface area contributed by atoms with Crippen molar-refractivity contribution in [3.05, 3.63) is 60.2 Å². The smallest absolute Gasteiger partial charge is 0.250 e. The van der Waals surface area contributed by atoms with Crippen LogP contribution in [0.5, 0.6) is 0 Å². The van der Waals surface area contributed by atoms with Crippen molar-refractivity contribution in [3.8, 4) is 0 Å². The number of anilines is 2. The van der Waals surface area contributed by atoms with E-state index in [1.54, 1.807) is 13.0 Å². The first-order chi connectivity index (χ1) is 13.5. The third-order valence-corrected chi connectivity index (χ3v) is 4.81. The topological polar surface area (TPSA) is 83.1 Å². The first-order valence-electron chi connectivity index (χ1n) is 8.59. The van der Waals surface area contributed by atoms with E-state index >= 15 is 0 Å². The molecule has 3 N–H and O–H groups in total. The maximum absolute atomic E-state index is 12.0. The van der Waals surface area contributed by atoms with Crippen molar-refractivity contribution >= 4 is 67.6 Å². The Kier molecular flexibility index (Phi) is 6.46. The zero-order valence-corrected chi connectivity index (χ0v) is 16.7. The minimum atomic E-state index is -0.315. The van der Waals surface area contributed by atoms with Crippen molar-refractivity contribution in [2.24, 2.45) is 0 Å². The summed E-state index contributed by atoms with van der Waals surface area (Å²) >= 11 is 6.57. The van der Waals surface area contributed by atoms with E-state index < -0.39 is 0 Å². The van der Waals surface area contributed by atoms with Crippen molar-refractivity contribution in [2.75, 3.05) is 10.6 Å². The molecule has 6 nitrogen and oxygen atoms in total. The summed E-state index contributed by atoms with van der Waals surface area (Å²) in [6.07, 6.45) is 3.54. The molecule has 0 saturated carbocycles. The highest BCUT2D eigenvalue weighted by molar-refractivity contribution is 7.80. The van der Waals surface area contributed by atoms with Gasteiger partial charge in [-0.2, -0.15) is 0 Å². The van der Waals surface area contributed by atoms with Crippen LogP contribution in [-0.4, -0.2) is 21.9 Å². The van der Waals surface area contributed by atoms with Gasteiger partial charge in [-0.1, -0.05) is 48.6 Å². The zero-order chi connectivity index (χ0) is 19.9. The van der Waals surface area contributed by atoms with E-state index in [0.717, 1.165) is 21.5 Å². The number of benzene rings is 2. The van der Waals surface area contributed by atoms with Gasteiger partial charge in [0.1, 0.15) is 0 Å². The van der Waals surface area contributed by atoms with E-state index in [-0.39, 0.29) is 16.9 Å². The fraction of sp³-hybridized carbons (Fsp3) is 0.100. The van der Waals surface area contributed by atoms with Crippen LogP contribution in [0.3, 0.4) is 0 Å². The van der Waals surface area contributed by atoms with Gasteiger partial charge in [-0.05, 0) is 42.1 Å². The molecule has 3 aromatic rings. The number of aromatic nitrogens is 1. The van der Waals surface area contributed by atoms with Gasteiger partial charge in [-0.15, -0.1) is 0 Å². The first-order valence-corrected chi connectivity index (χ1v) is 9.81. The molecule has 8 heteroatoms. The highest BCUT2D eigenvalue weighted by atomic mass is 32.1. The van der Waals surface area contributed by atoms with Crippen LogP contribution in [0.2, 0.25) is 0 Å². The third-order valence-electron chi connectivity index (χ3n) is 3.68. The molecule has 0 spiro atoms. The molecule has 0 unspecified atom stereocenters. The molecular formula is C20H18N4O2S2. The number of hydrogen-bond acceptors (Lipinski definition) is 5. The van der Waals surface area contributed by atoms with Crippen LogP contribution in [0.15, 0.2) is 54.6 Å². The minimum absolute atomic E-state index is 0.0788. The normalized spacial score (nSPS) is 10.8. The largest absolute Gasteiger partial charge is 0.332 e. The van der Waals surface area contributed by atoms with Crippen molar-refractivity contribution in [1.82, 2.24) is 10.3 Å². The first kappa shape index (κ1) is 19.7. The van der Waals surface area contributed by atoms with Gasteiger partial charge in [-0.3, -0.25) is 14.9 Å². The number of rotatable bonds is 5. The molecule has 0 aliphatic carbocycles. The SMILES string of the molecule is CCC(=O)Nc1nc2ccc(NC(=S)NC(=O)/C=C\c3ccccc3)cc2s1. The van der Waals surface area contributed by atoms with Crippen molar-refractivity contribution in [1.29, 1.82) is 0 Å². The van der Waals surface area contributed by atoms with Crippen LogP contribution in [0.1, 0.15) is 18.9 Å². The molecule has 1 aromatic heterocycles. The minimum Gasteiger partial charge on any atom is -0.332 e. The fourth-order valence-electron chi connectivity index (χ4n) is 2.32. The second kappa shape index (κ2) is 9.20. The number of thiazole rings is 1. The van der Waals surface area contributed by atoms with Gasteiger partial charge < -0.3 is 10.6 Å². The molecule has 0 fully saturated rings. The summed E-state index contributed by atoms with van der Waals surface area (Å²) in [5, 5.41) is 9.10. The summed E-state index contributed by atoms with van der Waals surface area (Å²) in [6, 6.07) is 15.0. The van der Waals surface area contributed by atoms with Crippen LogP contribution in [0.25, 0.3) is 16.3 Å². The fourth-order valence-corrected chi connectivity index (χ4v) is 3.46. The quantitative estimate of drug-likeness (QED) is 0.434. The molecule has 0 bridgehead atoms. The Balaban J connectivity index is 1.60. The van der Waals surface area contributed by atoms with Gasteiger partial charge in [0, 0.05) is 18.2 Å². The number of thiocarbonyl (C=S) groups is 1. The number of fused-ring (bicyclic) bond motifs is 1. The van der Waals surface area contributed by atoms with E-state index in [2.05, 4.69) is 20.9 Å². The van der Waals surface area contributed by atoms with Gasteiger partial charge in [0.05, 0.1) is 10.2 Å². The maximum Gasteiger partial charge on any atom is 0.250 e. The summed E-state index contributed by atoms with van der Waals surface area (Å²) in [6.45, 7) is 1.79. The van der Waals surface area contributed by atoms with E-state index in [9.17, 15) is 9.59 Å². The second-order valence-corrected chi connectivity index (χ2v) is 7.23. The predicted octanol–water partition coefficient (Wildman–Crippen LogP) is 4.17. The van der Waals surface area contributed by atoms with Crippen LogP contribution in [0.4, 0.5) is 10.8 Å². The lowest BCUT2D eigenvalue weighted by molar-refractivity contribution is -0.116. The van der Waals surface area contributed by atoms with Crippen LogP contribution in [0, 0.1) is 0 Å². The Morgan fingerprint density at radius 2 is 1.93 bits per heavy atom. The lowest BCUT2D eigenvalue weighted by Crippen LogP contribution is -2.32. The molecule has 0 radical (unpaired) electrons. The standard InChI is InChI=1S/C20H18N4O2S2/c1-2-17(25)24-20-22-15-10-9-14(12-16(15)28-20)21-19(27)23-18(26)11-8-13-6-4-3-5-7-13/h3-12H,2H2,1H3,(H,22,24,25)(H2,21,23,26,27)/b11-8-. The molecule has 142 valence electrons. The molecule has 2 aromatic carbocycles. The Morgan fingerprint density at radius 1 is 1.14 bits per heavy atom. The van der Waals surface area contributed by atoms with Crippen molar-refractivity contribution in [2.45, 2.75) is 13.3 Å². The molecule has 2 amide bonds. The summed E-state index contributed by atoms with van der Waals surface area (Å²) in [5.41, 5.74) is 2.43. The summed E-state index contributed by atoms with van der Waals surface area (Å²) < 4.78 is 0.898. The molecule has 0 atom stereocenters. The molecular weight excluding hydrogens is 392 g/mol. The zero-order valence-electron chi connectivity index (χ0n) is 15.1. The molecule has 0 aliphatic rings. The monoisotopic (exact) mass is 410 g/mol. The van der Waals surface area contributed by atoms with Gasteiger partial charge in [0.25, 0.3) is 0 Å². The van der Waals surface area contributed by atoms with Gasteiger partial charge in [0.15, 0.2) is 10.2 Å². The predicted molar refractivity (Wildman–Crippen MR) is 118 cm³/mol.